The molecule has 25 heavy (non-hydrogen) atoms. The fourth-order valence-corrected chi connectivity index (χ4v) is 2.75. The predicted octanol–water partition coefficient (Wildman–Crippen LogP) is 1.09. The molecule has 1 heterocycles. The Kier molecular flexibility index (Phi) is 7.84. The first-order chi connectivity index (χ1) is 12.1. The number of ether oxygens (including phenoxy) is 1. The summed E-state index contributed by atoms with van der Waals surface area (Å²) >= 11 is 0. The van der Waals surface area contributed by atoms with Crippen molar-refractivity contribution in [3.63, 3.8) is 0 Å². The van der Waals surface area contributed by atoms with Gasteiger partial charge in [-0.25, -0.2) is 0 Å². The quantitative estimate of drug-likeness (QED) is 0.578. The Labute approximate surface area is 148 Å². The number of hydrogen-bond donors (Lipinski definition) is 3. The summed E-state index contributed by atoms with van der Waals surface area (Å²) in [5.41, 5.74) is 1.66. The first kappa shape index (κ1) is 19.4. The number of para-hydroxylation sites is 1. The van der Waals surface area contributed by atoms with Crippen LogP contribution < -0.4 is 10.6 Å². The fourth-order valence-electron chi connectivity index (χ4n) is 2.75. The Balaban J connectivity index is 1.73. The third-order valence-electron chi connectivity index (χ3n) is 4.25. The van der Waals surface area contributed by atoms with Crippen molar-refractivity contribution in [2.45, 2.75) is 25.8 Å². The molecule has 1 amide bonds. The Morgan fingerprint density at radius 3 is 2.68 bits per heavy atom. The van der Waals surface area contributed by atoms with Crippen LogP contribution in [0.15, 0.2) is 24.3 Å². The topological polar surface area (TPSA) is 90.9 Å². The average Bonchev–Trinajstić information content (AvgIpc) is 2.60. The van der Waals surface area contributed by atoms with Gasteiger partial charge in [0.15, 0.2) is 0 Å². The number of carbonyl (C=O) groups is 2. The van der Waals surface area contributed by atoms with Crippen LogP contribution in [-0.2, 0) is 14.3 Å². The molecule has 0 radical (unpaired) electrons. The minimum absolute atomic E-state index is 0.0960. The molecule has 3 N–H and O–H groups in total. The number of benzene rings is 1. The zero-order valence-electron chi connectivity index (χ0n) is 14.7. The zero-order valence-corrected chi connectivity index (χ0v) is 14.7. The Morgan fingerprint density at radius 2 is 2.00 bits per heavy atom. The van der Waals surface area contributed by atoms with Crippen LogP contribution in [0.25, 0.3) is 0 Å². The molecular formula is C18H27N3O4. The van der Waals surface area contributed by atoms with Crippen LogP contribution in [0.4, 0.5) is 5.69 Å². The van der Waals surface area contributed by atoms with E-state index >= 15 is 0 Å². The molecule has 1 aliphatic rings. The number of nitrogens with one attached hydrogen (secondary N) is 2. The third kappa shape index (κ3) is 6.81. The van der Waals surface area contributed by atoms with Crippen molar-refractivity contribution in [2.75, 3.05) is 44.7 Å². The molecule has 0 saturated carbocycles. The van der Waals surface area contributed by atoms with Crippen molar-refractivity contribution in [2.24, 2.45) is 0 Å². The van der Waals surface area contributed by atoms with Crippen LogP contribution >= 0.6 is 0 Å². The lowest BCUT2D eigenvalue weighted by atomic mass is 10.1. The Morgan fingerprint density at radius 1 is 1.28 bits per heavy atom. The maximum absolute atomic E-state index is 12.1. The second-order valence-corrected chi connectivity index (χ2v) is 6.22. The molecule has 2 rings (SSSR count). The SMILES string of the molecule is Cc1ccccc1NC(=O)C[C@@H](NCCCN1CCOCC1)C(=O)O. The molecule has 0 bridgehead atoms. The van der Waals surface area contributed by atoms with Gasteiger partial charge in [-0.15, -0.1) is 0 Å². The van der Waals surface area contributed by atoms with E-state index in [4.69, 9.17) is 4.74 Å². The lowest BCUT2D eigenvalue weighted by Crippen LogP contribution is -2.42. The fraction of sp³-hybridized carbons (Fsp3) is 0.556. The van der Waals surface area contributed by atoms with Gasteiger partial charge in [-0.2, -0.15) is 0 Å². The van der Waals surface area contributed by atoms with Gasteiger partial charge in [0.25, 0.3) is 0 Å². The molecule has 138 valence electrons. The number of carbonyl (C=O) groups excluding carboxylic acids is 1. The molecule has 0 aliphatic carbocycles. The van der Waals surface area contributed by atoms with E-state index in [0.717, 1.165) is 44.8 Å². The van der Waals surface area contributed by atoms with Crippen molar-refractivity contribution < 1.29 is 19.4 Å². The molecule has 1 atom stereocenters. The lowest BCUT2D eigenvalue weighted by molar-refractivity contribution is -0.141. The van der Waals surface area contributed by atoms with Gasteiger partial charge < -0.3 is 20.5 Å². The summed E-state index contributed by atoms with van der Waals surface area (Å²) in [5.74, 6) is -1.31. The molecular weight excluding hydrogens is 322 g/mol. The highest BCUT2D eigenvalue weighted by molar-refractivity contribution is 5.94. The van der Waals surface area contributed by atoms with Gasteiger partial charge in [-0.1, -0.05) is 18.2 Å². The summed E-state index contributed by atoms with van der Waals surface area (Å²) in [5, 5.41) is 15.1. The van der Waals surface area contributed by atoms with Crippen molar-refractivity contribution in [1.29, 1.82) is 0 Å². The van der Waals surface area contributed by atoms with Crippen molar-refractivity contribution in [3.05, 3.63) is 29.8 Å². The summed E-state index contributed by atoms with van der Waals surface area (Å²) < 4.78 is 5.30. The number of amides is 1. The Bertz CT molecular complexity index is 573. The first-order valence-corrected chi connectivity index (χ1v) is 8.68. The number of nitrogens with zero attached hydrogens (tertiary/aromatic N) is 1. The first-order valence-electron chi connectivity index (χ1n) is 8.68. The second kappa shape index (κ2) is 10.1. The van der Waals surface area contributed by atoms with Crippen LogP contribution in [0.5, 0.6) is 0 Å². The normalized spacial score (nSPS) is 16.4. The number of morpholine rings is 1. The molecule has 1 saturated heterocycles. The highest BCUT2D eigenvalue weighted by Gasteiger charge is 2.21. The molecule has 1 aromatic carbocycles. The number of hydrogen-bond acceptors (Lipinski definition) is 5. The van der Waals surface area contributed by atoms with Gasteiger partial charge >= 0.3 is 5.97 Å². The molecule has 0 unspecified atom stereocenters. The van der Waals surface area contributed by atoms with Gasteiger partial charge in [-0.05, 0) is 38.1 Å². The maximum Gasteiger partial charge on any atom is 0.321 e. The molecule has 7 nitrogen and oxygen atoms in total. The second-order valence-electron chi connectivity index (χ2n) is 6.22. The smallest absolute Gasteiger partial charge is 0.321 e. The number of aliphatic carboxylic acids is 1. The van der Waals surface area contributed by atoms with Gasteiger partial charge in [0.2, 0.25) is 5.91 Å². The van der Waals surface area contributed by atoms with Gasteiger partial charge in [0.1, 0.15) is 6.04 Å². The van der Waals surface area contributed by atoms with E-state index in [-0.39, 0.29) is 12.3 Å². The lowest BCUT2D eigenvalue weighted by Gasteiger charge is -2.26. The summed E-state index contributed by atoms with van der Waals surface area (Å²) in [6.45, 7) is 6.70. The summed E-state index contributed by atoms with van der Waals surface area (Å²) in [4.78, 5) is 25.8. The van der Waals surface area contributed by atoms with E-state index in [0.29, 0.717) is 12.2 Å². The van der Waals surface area contributed by atoms with Crippen molar-refractivity contribution >= 4 is 17.6 Å². The predicted molar refractivity (Wildman–Crippen MR) is 95.7 cm³/mol. The number of carboxylic acid groups (broad SMARTS) is 1. The van der Waals surface area contributed by atoms with E-state index in [1.54, 1.807) is 6.07 Å². The van der Waals surface area contributed by atoms with Gasteiger partial charge in [-0.3, -0.25) is 14.5 Å². The van der Waals surface area contributed by atoms with E-state index in [2.05, 4.69) is 15.5 Å². The molecule has 0 spiro atoms. The molecule has 1 aliphatic heterocycles. The van der Waals surface area contributed by atoms with E-state index in [9.17, 15) is 14.7 Å². The number of rotatable bonds is 9. The molecule has 1 fully saturated rings. The van der Waals surface area contributed by atoms with Crippen LogP contribution in [0, 0.1) is 6.92 Å². The summed E-state index contributed by atoms with van der Waals surface area (Å²) in [7, 11) is 0. The summed E-state index contributed by atoms with van der Waals surface area (Å²) in [6, 6.07) is 6.54. The van der Waals surface area contributed by atoms with E-state index in [1.807, 2.05) is 25.1 Å². The maximum atomic E-state index is 12.1. The minimum atomic E-state index is -1.01. The van der Waals surface area contributed by atoms with Crippen LogP contribution in [0.2, 0.25) is 0 Å². The molecule has 7 heteroatoms. The van der Waals surface area contributed by atoms with Crippen LogP contribution in [0.1, 0.15) is 18.4 Å². The average molecular weight is 349 g/mol. The van der Waals surface area contributed by atoms with E-state index in [1.165, 1.54) is 0 Å². The minimum Gasteiger partial charge on any atom is -0.480 e. The molecule has 0 aromatic heterocycles. The Hall–Kier alpha value is -1.96. The third-order valence-corrected chi connectivity index (χ3v) is 4.25. The van der Waals surface area contributed by atoms with Crippen molar-refractivity contribution in [1.82, 2.24) is 10.2 Å². The zero-order chi connectivity index (χ0) is 18.1. The number of carboxylic acids is 1. The van der Waals surface area contributed by atoms with E-state index < -0.39 is 12.0 Å². The van der Waals surface area contributed by atoms with Gasteiger partial charge in [0, 0.05) is 18.8 Å². The molecule has 1 aromatic rings. The number of aryl methyl sites for hydroxylation is 1. The van der Waals surface area contributed by atoms with Crippen molar-refractivity contribution in [3.8, 4) is 0 Å². The highest BCUT2D eigenvalue weighted by atomic mass is 16.5. The van der Waals surface area contributed by atoms with Gasteiger partial charge in [0.05, 0.1) is 19.6 Å². The largest absolute Gasteiger partial charge is 0.480 e. The summed E-state index contributed by atoms with van der Waals surface area (Å²) in [6.07, 6.45) is 0.740. The van der Waals surface area contributed by atoms with Crippen LogP contribution in [-0.4, -0.2) is 67.3 Å². The number of anilines is 1. The van der Waals surface area contributed by atoms with Crippen LogP contribution in [0.3, 0.4) is 0 Å². The monoisotopic (exact) mass is 349 g/mol. The standard InChI is InChI=1S/C18H27N3O4/c1-14-5-2-3-6-15(14)20-17(22)13-16(18(23)24)19-7-4-8-21-9-11-25-12-10-21/h2-3,5-6,16,19H,4,7-13H2,1H3,(H,20,22)(H,23,24)/t16-/m1/s1. The highest BCUT2D eigenvalue weighted by Crippen LogP contribution is 2.13.